The van der Waals surface area contributed by atoms with E-state index in [1.54, 1.807) is 24.3 Å². The topological polar surface area (TPSA) is 57.6 Å². The van der Waals surface area contributed by atoms with E-state index in [9.17, 15) is 9.59 Å². The second-order valence-electron chi connectivity index (χ2n) is 5.14. The number of rotatable bonds is 5. The van der Waals surface area contributed by atoms with Gasteiger partial charge in [0.05, 0.1) is 0 Å². The molecule has 1 aliphatic carbocycles. The van der Waals surface area contributed by atoms with Gasteiger partial charge in [-0.2, -0.15) is 0 Å². The number of carboxylic acid groups (broad SMARTS) is 1. The van der Waals surface area contributed by atoms with Gasteiger partial charge in [0.25, 0.3) is 0 Å². The van der Waals surface area contributed by atoms with Crippen molar-refractivity contribution in [2.45, 2.75) is 32.1 Å². The first-order valence-corrected chi connectivity index (χ1v) is 7.39. The molecule has 0 saturated carbocycles. The highest BCUT2D eigenvalue weighted by Crippen LogP contribution is 2.24. The number of aliphatic carboxylic acids is 1. The molecule has 5 heteroatoms. The van der Waals surface area contributed by atoms with Crippen molar-refractivity contribution in [3.05, 3.63) is 40.9 Å². The van der Waals surface area contributed by atoms with Crippen LogP contribution in [0.25, 0.3) is 0 Å². The first kappa shape index (κ1) is 15.6. The fraction of sp³-hybridized carbons (Fsp3) is 0.375. The van der Waals surface area contributed by atoms with Gasteiger partial charge >= 0.3 is 5.97 Å². The third-order valence-electron chi connectivity index (χ3n) is 3.48. The number of carboxylic acids is 1. The molecular formula is C16H18ClNO3. The number of hydrogen-bond donors (Lipinski definition) is 1. The Bertz CT molecular complexity index is 568. The fourth-order valence-corrected chi connectivity index (χ4v) is 2.64. The lowest BCUT2D eigenvalue weighted by molar-refractivity contribution is -0.136. The van der Waals surface area contributed by atoms with Crippen LogP contribution in [0, 0.1) is 0 Å². The van der Waals surface area contributed by atoms with E-state index in [1.807, 2.05) is 0 Å². The molecule has 0 saturated heterocycles. The van der Waals surface area contributed by atoms with Crippen LogP contribution in [-0.2, 0) is 9.59 Å². The summed E-state index contributed by atoms with van der Waals surface area (Å²) in [5.74, 6) is -1.24. The molecule has 0 atom stereocenters. The third-order valence-corrected chi connectivity index (χ3v) is 3.71. The van der Waals surface area contributed by atoms with Crippen LogP contribution < -0.4 is 4.90 Å². The molecule has 1 N–H and O–H groups in total. The minimum Gasteiger partial charge on any atom is -0.480 e. The molecule has 0 aliphatic heterocycles. The maximum atomic E-state index is 12.4. The number of carbonyl (C=O) groups is 2. The molecule has 0 spiro atoms. The predicted octanol–water partition coefficient (Wildman–Crippen LogP) is 3.65. The van der Waals surface area contributed by atoms with Crippen molar-refractivity contribution in [1.82, 2.24) is 0 Å². The number of halogens is 1. The van der Waals surface area contributed by atoms with Gasteiger partial charge < -0.3 is 10.0 Å². The normalized spacial score (nSPS) is 14.4. The average molecular weight is 308 g/mol. The number of anilines is 1. The lowest BCUT2D eigenvalue weighted by atomic mass is 9.97. The summed E-state index contributed by atoms with van der Waals surface area (Å²) in [4.78, 5) is 24.7. The number of hydrogen-bond acceptors (Lipinski definition) is 2. The standard InChI is InChI=1S/C16H18ClNO3/c17-13-7-4-8-14(10-13)18(11-16(20)21)15(19)9-12-5-2-1-3-6-12/h4-5,7-8,10H,1-3,6,9,11H2,(H,20,21). The van der Waals surface area contributed by atoms with Gasteiger partial charge in [0, 0.05) is 17.1 Å². The van der Waals surface area contributed by atoms with Crippen molar-refractivity contribution in [3.8, 4) is 0 Å². The first-order valence-electron chi connectivity index (χ1n) is 7.02. The van der Waals surface area contributed by atoms with E-state index in [2.05, 4.69) is 6.08 Å². The average Bonchev–Trinajstić information content (AvgIpc) is 2.45. The van der Waals surface area contributed by atoms with Gasteiger partial charge in [-0.15, -0.1) is 0 Å². The Kier molecular flexibility index (Phi) is 5.39. The third kappa shape index (κ3) is 4.60. The summed E-state index contributed by atoms with van der Waals surface area (Å²) in [7, 11) is 0. The zero-order valence-corrected chi connectivity index (χ0v) is 12.5. The molecule has 0 fully saturated rings. The van der Waals surface area contributed by atoms with Gasteiger partial charge in [0.2, 0.25) is 5.91 Å². The van der Waals surface area contributed by atoms with Crippen LogP contribution in [0.5, 0.6) is 0 Å². The molecule has 0 heterocycles. The molecule has 1 aromatic carbocycles. The molecule has 21 heavy (non-hydrogen) atoms. The molecule has 112 valence electrons. The largest absolute Gasteiger partial charge is 0.480 e. The SMILES string of the molecule is O=C(O)CN(C(=O)CC1=CCCCC1)c1cccc(Cl)c1. The van der Waals surface area contributed by atoms with Crippen molar-refractivity contribution in [1.29, 1.82) is 0 Å². The van der Waals surface area contributed by atoms with E-state index in [0.29, 0.717) is 10.7 Å². The van der Waals surface area contributed by atoms with Crippen LogP contribution >= 0.6 is 11.6 Å². The van der Waals surface area contributed by atoms with Crippen LogP contribution in [0.4, 0.5) is 5.69 Å². The molecule has 1 aliphatic rings. The predicted molar refractivity (Wildman–Crippen MR) is 82.6 cm³/mol. The van der Waals surface area contributed by atoms with Gasteiger partial charge in [-0.25, -0.2) is 0 Å². The number of allylic oxidation sites excluding steroid dienone is 1. The lowest BCUT2D eigenvalue weighted by Crippen LogP contribution is -2.35. The summed E-state index contributed by atoms with van der Waals surface area (Å²) in [5, 5.41) is 9.51. The number of benzene rings is 1. The highest BCUT2D eigenvalue weighted by molar-refractivity contribution is 6.30. The zero-order valence-electron chi connectivity index (χ0n) is 11.7. The molecular weight excluding hydrogens is 290 g/mol. The molecule has 0 aromatic heterocycles. The van der Waals surface area contributed by atoms with Gasteiger partial charge in [-0.1, -0.05) is 29.3 Å². The van der Waals surface area contributed by atoms with Gasteiger partial charge in [-0.3, -0.25) is 9.59 Å². The van der Waals surface area contributed by atoms with E-state index >= 15 is 0 Å². The van der Waals surface area contributed by atoms with Gasteiger partial charge in [0.1, 0.15) is 6.54 Å². The van der Waals surface area contributed by atoms with Crippen molar-refractivity contribution in [2.75, 3.05) is 11.4 Å². The van der Waals surface area contributed by atoms with E-state index in [4.69, 9.17) is 16.7 Å². The summed E-state index contributed by atoms with van der Waals surface area (Å²) in [5.41, 5.74) is 1.62. The summed E-state index contributed by atoms with van der Waals surface area (Å²) in [6.07, 6.45) is 6.54. The van der Waals surface area contributed by atoms with E-state index < -0.39 is 5.97 Å². The number of amides is 1. The second kappa shape index (κ2) is 7.27. The van der Waals surface area contributed by atoms with Gasteiger partial charge in [-0.05, 0) is 43.9 Å². The quantitative estimate of drug-likeness (QED) is 0.845. The Labute approximate surface area is 129 Å². The van der Waals surface area contributed by atoms with Crippen molar-refractivity contribution in [3.63, 3.8) is 0 Å². The fourth-order valence-electron chi connectivity index (χ4n) is 2.46. The molecule has 2 rings (SSSR count). The van der Waals surface area contributed by atoms with Crippen LogP contribution in [-0.4, -0.2) is 23.5 Å². The Balaban J connectivity index is 2.16. The van der Waals surface area contributed by atoms with Gasteiger partial charge in [0.15, 0.2) is 0 Å². The molecule has 0 radical (unpaired) electrons. The van der Waals surface area contributed by atoms with Crippen LogP contribution in [0.15, 0.2) is 35.9 Å². The van der Waals surface area contributed by atoms with Crippen molar-refractivity contribution >= 4 is 29.2 Å². The minimum absolute atomic E-state index is 0.201. The minimum atomic E-state index is -1.04. The Morgan fingerprint density at radius 1 is 1.29 bits per heavy atom. The summed E-state index contributed by atoms with van der Waals surface area (Å²) < 4.78 is 0. The van der Waals surface area contributed by atoms with E-state index in [0.717, 1.165) is 31.3 Å². The molecule has 4 nitrogen and oxygen atoms in total. The zero-order chi connectivity index (χ0) is 15.2. The summed E-state index contributed by atoms with van der Waals surface area (Å²) in [6.45, 7) is -0.355. The molecule has 1 amide bonds. The highest BCUT2D eigenvalue weighted by Gasteiger charge is 2.20. The van der Waals surface area contributed by atoms with Crippen LogP contribution in [0.3, 0.4) is 0 Å². The van der Waals surface area contributed by atoms with E-state index in [1.165, 1.54) is 4.90 Å². The lowest BCUT2D eigenvalue weighted by Gasteiger charge is -2.22. The first-order chi connectivity index (χ1) is 10.1. The Morgan fingerprint density at radius 3 is 2.71 bits per heavy atom. The van der Waals surface area contributed by atoms with Crippen molar-refractivity contribution in [2.24, 2.45) is 0 Å². The smallest absolute Gasteiger partial charge is 0.323 e. The number of nitrogens with zero attached hydrogens (tertiary/aromatic N) is 1. The Hall–Kier alpha value is -1.81. The molecule has 1 aromatic rings. The maximum Gasteiger partial charge on any atom is 0.323 e. The second-order valence-corrected chi connectivity index (χ2v) is 5.57. The van der Waals surface area contributed by atoms with E-state index in [-0.39, 0.29) is 18.9 Å². The van der Waals surface area contributed by atoms with Crippen LogP contribution in [0.2, 0.25) is 5.02 Å². The number of carbonyl (C=O) groups excluding carboxylic acids is 1. The molecule has 0 unspecified atom stereocenters. The molecule has 0 bridgehead atoms. The maximum absolute atomic E-state index is 12.4. The Morgan fingerprint density at radius 2 is 2.10 bits per heavy atom. The summed E-state index contributed by atoms with van der Waals surface area (Å²) >= 11 is 5.93. The highest BCUT2D eigenvalue weighted by atomic mass is 35.5. The monoisotopic (exact) mass is 307 g/mol. The summed E-state index contributed by atoms with van der Waals surface area (Å²) in [6, 6.07) is 6.71. The van der Waals surface area contributed by atoms with Crippen molar-refractivity contribution < 1.29 is 14.7 Å². The van der Waals surface area contributed by atoms with Crippen LogP contribution in [0.1, 0.15) is 32.1 Å².